The number of carbonyl (C=O) groups excluding carboxylic acids is 1. The highest BCUT2D eigenvalue weighted by molar-refractivity contribution is 5.86. The number of methoxy groups -OCH3 is 1. The molecular formula is C18H21NO2. The Morgan fingerprint density at radius 3 is 2.29 bits per heavy atom. The molecular weight excluding hydrogens is 262 g/mol. The Morgan fingerprint density at radius 1 is 1.10 bits per heavy atom. The van der Waals surface area contributed by atoms with Gasteiger partial charge >= 0.3 is 5.97 Å². The van der Waals surface area contributed by atoms with Gasteiger partial charge in [-0.05, 0) is 30.5 Å². The molecule has 1 unspecified atom stereocenters. The predicted octanol–water partition coefficient (Wildman–Crippen LogP) is 3.89. The lowest BCUT2D eigenvalue weighted by molar-refractivity contribution is -0.146. The van der Waals surface area contributed by atoms with Crippen molar-refractivity contribution in [2.45, 2.75) is 25.8 Å². The molecule has 0 amide bonds. The van der Waals surface area contributed by atoms with Crippen molar-refractivity contribution in [3.8, 4) is 0 Å². The van der Waals surface area contributed by atoms with Crippen molar-refractivity contribution in [2.75, 3.05) is 12.4 Å². The molecule has 0 aliphatic rings. The average molecular weight is 283 g/mol. The van der Waals surface area contributed by atoms with E-state index in [1.165, 1.54) is 7.11 Å². The van der Waals surface area contributed by atoms with Crippen LogP contribution in [0.15, 0.2) is 54.6 Å². The molecule has 0 radical (unpaired) electrons. The van der Waals surface area contributed by atoms with E-state index in [1.54, 1.807) is 0 Å². The third kappa shape index (κ3) is 2.92. The van der Waals surface area contributed by atoms with Gasteiger partial charge in [0.1, 0.15) is 0 Å². The van der Waals surface area contributed by atoms with Gasteiger partial charge in [0, 0.05) is 5.69 Å². The summed E-state index contributed by atoms with van der Waals surface area (Å²) in [5.74, 6) is -0.278. The Labute approximate surface area is 126 Å². The van der Waals surface area contributed by atoms with Gasteiger partial charge in [-0.25, -0.2) is 4.79 Å². The number of nitrogens with one attached hydrogen (secondary N) is 1. The van der Waals surface area contributed by atoms with Crippen molar-refractivity contribution >= 4 is 11.7 Å². The number of benzene rings is 2. The molecule has 21 heavy (non-hydrogen) atoms. The molecule has 0 spiro atoms. The molecule has 2 aromatic rings. The molecule has 3 heteroatoms. The number of hydrogen-bond acceptors (Lipinski definition) is 3. The van der Waals surface area contributed by atoms with Crippen molar-refractivity contribution in [1.29, 1.82) is 0 Å². The van der Waals surface area contributed by atoms with Crippen LogP contribution in [-0.4, -0.2) is 13.1 Å². The zero-order valence-electron chi connectivity index (χ0n) is 12.7. The van der Waals surface area contributed by atoms with Crippen LogP contribution in [-0.2, 0) is 15.1 Å². The lowest BCUT2D eigenvalue weighted by Crippen LogP contribution is -2.44. The second kappa shape index (κ2) is 6.44. The van der Waals surface area contributed by atoms with E-state index < -0.39 is 5.54 Å². The first kappa shape index (κ1) is 15.1. The lowest BCUT2D eigenvalue weighted by atomic mass is 9.86. The van der Waals surface area contributed by atoms with E-state index in [0.717, 1.165) is 16.8 Å². The predicted molar refractivity (Wildman–Crippen MR) is 85.2 cm³/mol. The molecule has 0 heterocycles. The minimum atomic E-state index is -0.873. The molecule has 2 aromatic carbocycles. The fourth-order valence-electron chi connectivity index (χ4n) is 2.52. The molecule has 0 fully saturated rings. The first-order chi connectivity index (χ1) is 10.1. The molecule has 0 saturated heterocycles. The molecule has 110 valence electrons. The van der Waals surface area contributed by atoms with Crippen molar-refractivity contribution < 1.29 is 9.53 Å². The van der Waals surface area contributed by atoms with Crippen molar-refractivity contribution in [3.63, 3.8) is 0 Å². The topological polar surface area (TPSA) is 38.3 Å². The van der Waals surface area contributed by atoms with Crippen LogP contribution in [0.1, 0.15) is 24.5 Å². The van der Waals surface area contributed by atoms with Gasteiger partial charge in [0.05, 0.1) is 7.11 Å². The van der Waals surface area contributed by atoms with E-state index in [9.17, 15) is 4.79 Å². The first-order valence-corrected chi connectivity index (χ1v) is 7.12. The maximum Gasteiger partial charge on any atom is 0.336 e. The van der Waals surface area contributed by atoms with Crippen molar-refractivity contribution in [1.82, 2.24) is 0 Å². The fraction of sp³-hybridized carbons (Fsp3) is 0.278. The molecule has 0 aromatic heterocycles. The number of anilines is 1. The fourth-order valence-corrected chi connectivity index (χ4v) is 2.52. The molecule has 3 nitrogen and oxygen atoms in total. The molecule has 2 rings (SSSR count). The number of aryl methyl sites for hydroxylation is 1. The summed E-state index contributed by atoms with van der Waals surface area (Å²) in [6.07, 6.45) is 0.595. The van der Waals surface area contributed by atoms with Gasteiger partial charge in [-0.3, -0.25) is 0 Å². The first-order valence-electron chi connectivity index (χ1n) is 7.12. The lowest BCUT2D eigenvalue weighted by Gasteiger charge is -2.33. The van der Waals surface area contributed by atoms with Crippen LogP contribution in [0.25, 0.3) is 0 Å². The van der Waals surface area contributed by atoms with Crippen molar-refractivity contribution in [3.05, 3.63) is 65.7 Å². The van der Waals surface area contributed by atoms with Gasteiger partial charge in [-0.1, -0.05) is 55.5 Å². The summed E-state index contributed by atoms with van der Waals surface area (Å²) >= 11 is 0. The zero-order chi connectivity index (χ0) is 15.3. The third-order valence-corrected chi connectivity index (χ3v) is 3.82. The van der Waals surface area contributed by atoms with Crippen LogP contribution in [0.5, 0.6) is 0 Å². The summed E-state index contributed by atoms with van der Waals surface area (Å²) in [7, 11) is 1.43. The van der Waals surface area contributed by atoms with Crippen LogP contribution >= 0.6 is 0 Å². The van der Waals surface area contributed by atoms with E-state index in [-0.39, 0.29) is 5.97 Å². The number of esters is 1. The number of rotatable bonds is 5. The quantitative estimate of drug-likeness (QED) is 0.846. The third-order valence-electron chi connectivity index (χ3n) is 3.82. The van der Waals surface area contributed by atoms with Gasteiger partial charge < -0.3 is 10.1 Å². The minimum absolute atomic E-state index is 0.278. The second-order valence-electron chi connectivity index (χ2n) is 5.06. The van der Waals surface area contributed by atoms with E-state index in [1.807, 2.05) is 68.4 Å². The molecule has 1 atom stereocenters. The number of para-hydroxylation sites is 1. The standard InChI is InChI=1S/C18H21NO2/c1-4-18(17(20)21-3,15-11-6-5-7-12-15)19-16-13-9-8-10-14(16)2/h5-13,19H,4H2,1-3H3. The van der Waals surface area contributed by atoms with E-state index in [0.29, 0.717) is 6.42 Å². The van der Waals surface area contributed by atoms with Gasteiger partial charge in [-0.2, -0.15) is 0 Å². The Bertz CT molecular complexity index is 610. The van der Waals surface area contributed by atoms with Gasteiger partial charge in [0.15, 0.2) is 5.54 Å². The van der Waals surface area contributed by atoms with Crippen LogP contribution in [0.2, 0.25) is 0 Å². The largest absolute Gasteiger partial charge is 0.467 e. The molecule has 0 bridgehead atoms. The van der Waals surface area contributed by atoms with E-state index in [4.69, 9.17) is 4.74 Å². The molecule has 0 aliphatic heterocycles. The number of ether oxygens (including phenoxy) is 1. The molecule has 1 N–H and O–H groups in total. The summed E-state index contributed by atoms with van der Waals surface area (Å²) in [5, 5.41) is 3.40. The second-order valence-corrected chi connectivity index (χ2v) is 5.06. The smallest absolute Gasteiger partial charge is 0.336 e. The van der Waals surface area contributed by atoms with E-state index in [2.05, 4.69) is 5.32 Å². The Morgan fingerprint density at radius 2 is 1.71 bits per heavy atom. The van der Waals surface area contributed by atoms with Crippen LogP contribution < -0.4 is 5.32 Å². The maximum absolute atomic E-state index is 12.5. The van der Waals surface area contributed by atoms with Crippen LogP contribution in [0.3, 0.4) is 0 Å². The maximum atomic E-state index is 12.5. The van der Waals surface area contributed by atoms with E-state index >= 15 is 0 Å². The van der Waals surface area contributed by atoms with Crippen LogP contribution in [0, 0.1) is 6.92 Å². The normalized spacial score (nSPS) is 13.3. The van der Waals surface area contributed by atoms with Crippen LogP contribution in [0.4, 0.5) is 5.69 Å². The minimum Gasteiger partial charge on any atom is -0.467 e. The monoisotopic (exact) mass is 283 g/mol. The summed E-state index contributed by atoms with van der Waals surface area (Å²) in [6.45, 7) is 4.00. The number of hydrogen-bond donors (Lipinski definition) is 1. The molecule has 0 aliphatic carbocycles. The summed E-state index contributed by atoms with van der Waals surface area (Å²) in [6, 6.07) is 17.6. The highest BCUT2D eigenvalue weighted by atomic mass is 16.5. The number of carbonyl (C=O) groups is 1. The van der Waals surface area contributed by atoms with Gasteiger partial charge in [0.25, 0.3) is 0 Å². The Balaban J connectivity index is 2.51. The Kier molecular flexibility index (Phi) is 4.63. The highest BCUT2D eigenvalue weighted by Crippen LogP contribution is 2.32. The Hall–Kier alpha value is -2.29. The average Bonchev–Trinajstić information content (AvgIpc) is 2.54. The summed E-state index contributed by atoms with van der Waals surface area (Å²) in [5.41, 5.74) is 2.06. The zero-order valence-corrected chi connectivity index (χ0v) is 12.7. The summed E-state index contributed by atoms with van der Waals surface area (Å²) < 4.78 is 5.07. The molecule has 0 saturated carbocycles. The highest BCUT2D eigenvalue weighted by Gasteiger charge is 2.40. The summed E-state index contributed by atoms with van der Waals surface area (Å²) in [4.78, 5) is 12.5. The van der Waals surface area contributed by atoms with Gasteiger partial charge in [-0.15, -0.1) is 0 Å². The van der Waals surface area contributed by atoms with Gasteiger partial charge in [0.2, 0.25) is 0 Å². The van der Waals surface area contributed by atoms with Crippen molar-refractivity contribution in [2.24, 2.45) is 0 Å². The SMILES string of the molecule is CCC(Nc1ccccc1C)(C(=O)OC)c1ccccc1.